The molecule has 2 N–H and O–H groups in total. The first kappa shape index (κ1) is 19.5. The lowest BCUT2D eigenvalue weighted by molar-refractivity contribution is -0.274. The van der Waals surface area contributed by atoms with Crippen LogP contribution in [0.2, 0.25) is 0 Å². The van der Waals surface area contributed by atoms with Crippen molar-refractivity contribution in [2.75, 3.05) is 18.0 Å². The van der Waals surface area contributed by atoms with E-state index in [0.717, 1.165) is 0 Å². The molecule has 28 heavy (non-hydrogen) atoms. The van der Waals surface area contributed by atoms with E-state index in [1.807, 2.05) is 0 Å². The van der Waals surface area contributed by atoms with Gasteiger partial charge < -0.3 is 15.4 Å². The molecule has 0 spiro atoms. The average molecular weight is 393 g/mol. The van der Waals surface area contributed by atoms with Crippen LogP contribution in [0.1, 0.15) is 28.9 Å². The Morgan fingerprint density at radius 2 is 1.93 bits per heavy atom. The molecule has 0 radical (unpaired) electrons. The zero-order valence-electron chi connectivity index (χ0n) is 14.9. The van der Waals surface area contributed by atoms with Crippen LogP contribution < -0.4 is 20.3 Å². The number of hydrogen-bond donors (Lipinski definition) is 2. The summed E-state index contributed by atoms with van der Waals surface area (Å²) in [7, 11) is 0. The summed E-state index contributed by atoms with van der Waals surface area (Å²) in [5.41, 5.74) is 1.61. The van der Waals surface area contributed by atoms with E-state index < -0.39 is 12.4 Å². The van der Waals surface area contributed by atoms with Gasteiger partial charge in [-0.05, 0) is 42.8 Å². The van der Waals surface area contributed by atoms with E-state index in [-0.39, 0.29) is 17.7 Å². The van der Waals surface area contributed by atoms with E-state index in [9.17, 15) is 22.8 Å². The molecule has 3 amide bonds. The van der Waals surface area contributed by atoms with Gasteiger partial charge in [0.05, 0.1) is 6.04 Å². The summed E-state index contributed by atoms with van der Waals surface area (Å²) < 4.78 is 40.5. The number of amides is 3. The van der Waals surface area contributed by atoms with Crippen LogP contribution in [-0.4, -0.2) is 31.4 Å². The van der Waals surface area contributed by atoms with Crippen LogP contribution in [0.3, 0.4) is 0 Å². The maximum Gasteiger partial charge on any atom is 0.573 e. The number of carbonyl (C=O) groups excluding carboxylic acids is 2. The molecule has 148 valence electrons. The lowest BCUT2D eigenvalue weighted by atomic mass is 10.1. The zero-order valence-corrected chi connectivity index (χ0v) is 14.9. The minimum absolute atomic E-state index is 0.216. The van der Waals surface area contributed by atoms with Crippen molar-refractivity contribution in [3.63, 3.8) is 0 Å². The van der Waals surface area contributed by atoms with Crippen LogP contribution in [0, 0.1) is 0 Å². The van der Waals surface area contributed by atoms with Crippen LogP contribution in [0.4, 0.5) is 23.7 Å². The van der Waals surface area contributed by atoms with Crippen molar-refractivity contribution in [1.29, 1.82) is 0 Å². The summed E-state index contributed by atoms with van der Waals surface area (Å²) in [5, 5.41) is 5.48. The predicted octanol–water partition coefficient (Wildman–Crippen LogP) is 3.61. The summed E-state index contributed by atoms with van der Waals surface area (Å²) in [6, 6.07) is 11.3. The number of halogens is 3. The molecule has 2 aromatic carbocycles. The molecule has 0 bridgehead atoms. The number of carbonyl (C=O) groups is 2. The van der Waals surface area contributed by atoms with Crippen molar-refractivity contribution in [2.24, 2.45) is 0 Å². The molecule has 1 saturated heterocycles. The average Bonchev–Trinajstić information content (AvgIpc) is 3.07. The fourth-order valence-electron chi connectivity index (χ4n) is 2.85. The predicted molar refractivity (Wildman–Crippen MR) is 96.2 cm³/mol. The van der Waals surface area contributed by atoms with Crippen LogP contribution in [0.5, 0.6) is 5.75 Å². The highest BCUT2D eigenvalue weighted by Gasteiger charge is 2.31. The van der Waals surface area contributed by atoms with Crippen molar-refractivity contribution in [3.8, 4) is 5.75 Å². The maximum absolute atomic E-state index is 12.5. The van der Waals surface area contributed by atoms with Gasteiger partial charge in [-0.2, -0.15) is 0 Å². The summed E-state index contributed by atoms with van der Waals surface area (Å²) in [4.78, 5) is 25.8. The molecular formula is C19H18F3N3O3. The SMILES string of the molecule is CC(NC(=O)c1cccc(N2CCNC2=O)c1)c1ccc(OC(F)(F)F)cc1. The van der Waals surface area contributed by atoms with E-state index in [0.29, 0.717) is 29.9 Å². The molecule has 6 nitrogen and oxygen atoms in total. The largest absolute Gasteiger partial charge is 0.573 e. The molecule has 0 aliphatic carbocycles. The number of ether oxygens (including phenoxy) is 1. The fraction of sp³-hybridized carbons (Fsp3) is 0.263. The molecule has 1 fully saturated rings. The van der Waals surface area contributed by atoms with Crippen molar-refractivity contribution in [3.05, 3.63) is 59.7 Å². The second-order valence-electron chi connectivity index (χ2n) is 6.25. The molecule has 3 rings (SSSR count). The second kappa shape index (κ2) is 7.79. The molecule has 0 aromatic heterocycles. The van der Waals surface area contributed by atoms with E-state index in [2.05, 4.69) is 15.4 Å². The number of nitrogens with one attached hydrogen (secondary N) is 2. The van der Waals surface area contributed by atoms with Crippen LogP contribution in [-0.2, 0) is 0 Å². The third-order valence-corrected chi connectivity index (χ3v) is 4.24. The van der Waals surface area contributed by atoms with E-state index in [1.54, 1.807) is 36.1 Å². The van der Waals surface area contributed by atoms with Gasteiger partial charge in [-0.3, -0.25) is 9.69 Å². The van der Waals surface area contributed by atoms with Gasteiger partial charge in [-0.15, -0.1) is 13.2 Å². The summed E-state index contributed by atoms with van der Waals surface area (Å²) in [6.45, 7) is 2.78. The number of urea groups is 1. The molecule has 9 heteroatoms. The highest BCUT2D eigenvalue weighted by Crippen LogP contribution is 2.25. The van der Waals surface area contributed by atoms with Crippen molar-refractivity contribution in [1.82, 2.24) is 10.6 Å². The highest BCUT2D eigenvalue weighted by molar-refractivity contribution is 5.98. The van der Waals surface area contributed by atoms with Crippen LogP contribution in [0.25, 0.3) is 0 Å². The minimum Gasteiger partial charge on any atom is -0.406 e. The lowest BCUT2D eigenvalue weighted by Gasteiger charge is -2.17. The third kappa shape index (κ3) is 4.73. The molecule has 1 unspecified atom stereocenters. The molecule has 1 aliphatic heterocycles. The van der Waals surface area contributed by atoms with Gasteiger partial charge >= 0.3 is 12.4 Å². The van der Waals surface area contributed by atoms with E-state index in [1.165, 1.54) is 24.3 Å². The number of nitrogens with zero attached hydrogens (tertiary/aromatic N) is 1. The Morgan fingerprint density at radius 3 is 2.54 bits per heavy atom. The highest BCUT2D eigenvalue weighted by atomic mass is 19.4. The van der Waals surface area contributed by atoms with Crippen molar-refractivity contribution < 1.29 is 27.5 Å². The Morgan fingerprint density at radius 1 is 1.21 bits per heavy atom. The Hall–Kier alpha value is -3.23. The summed E-state index contributed by atoms with van der Waals surface area (Å²) in [6.07, 6.45) is -4.75. The first-order valence-electron chi connectivity index (χ1n) is 8.55. The first-order valence-corrected chi connectivity index (χ1v) is 8.55. The van der Waals surface area contributed by atoms with Gasteiger partial charge in [-0.1, -0.05) is 18.2 Å². The van der Waals surface area contributed by atoms with Gasteiger partial charge in [0.15, 0.2) is 0 Å². The molecule has 0 saturated carbocycles. The van der Waals surface area contributed by atoms with Crippen LogP contribution in [0.15, 0.2) is 48.5 Å². The number of rotatable bonds is 5. The van der Waals surface area contributed by atoms with Crippen molar-refractivity contribution in [2.45, 2.75) is 19.3 Å². The zero-order chi connectivity index (χ0) is 20.3. The number of hydrogen-bond acceptors (Lipinski definition) is 3. The van der Waals surface area contributed by atoms with Gasteiger partial charge in [0.2, 0.25) is 0 Å². The Labute approximate surface area is 159 Å². The summed E-state index contributed by atoms with van der Waals surface area (Å²) >= 11 is 0. The third-order valence-electron chi connectivity index (χ3n) is 4.24. The van der Waals surface area contributed by atoms with Gasteiger partial charge in [0.1, 0.15) is 5.75 Å². The Kier molecular flexibility index (Phi) is 5.43. The smallest absolute Gasteiger partial charge is 0.406 e. The number of anilines is 1. The maximum atomic E-state index is 12.5. The molecule has 2 aromatic rings. The van der Waals surface area contributed by atoms with Gasteiger partial charge in [-0.25, -0.2) is 4.79 Å². The van der Waals surface area contributed by atoms with Gasteiger partial charge in [0, 0.05) is 24.3 Å². The van der Waals surface area contributed by atoms with E-state index in [4.69, 9.17) is 0 Å². The Bertz CT molecular complexity index is 869. The first-order chi connectivity index (χ1) is 13.2. The number of benzene rings is 2. The van der Waals surface area contributed by atoms with E-state index >= 15 is 0 Å². The lowest BCUT2D eigenvalue weighted by Crippen LogP contribution is -2.29. The standard InChI is InChI=1S/C19H18F3N3O3/c1-12(13-5-7-16(8-6-13)28-19(20,21)22)24-17(26)14-3-2-4-15(11-14)25-10-9-23-18(25)27/h2-8,11-12H,9-10H2,1H3,(H,23,27)(H,24,26). The van der Waals surface area contributed by atoms with Crippen LogP contribution >= 0.6 is 0 Å². The normalized spacial score (nSPS) is 15.1. The fourth-order valence-corrected chi connectivity index (χ4v) is 2.85. The molecule has 1 aliphatic rings. The van der Waals surface area contributed by atoms with Gasteiger partial charge in [0.25, 0.3) is 5.91 Å². The number of alkyl halides is 3. The topological polar surface area (TPSA) is 70.7 Å². The second-order valence-corrected chi connectivity index (χ2v) is 6.25. The Balaban J connectivity index is 1.66. The summed E-state index contributed by atoms with van der Waals surface area (Å²) in [5.74, 6) is -0.684. The molecule has 1 heterocycles. The molecule has 1 atom stereocenters. The monoisotopic (exact) mass is 393 g/mol. The molecular weight excluding hydrogens is 375 g/mol. The quantitative estimate of drug-likeness (QED) is 0.815. The minimum atomic E-state index is -4.75. The van der Waals surface area contributed by atoms with Crippen molar-refractivity contribution >= 4 is 17.6 Å².